The van der Waals surface area contributed by atoms with Gasteiger partial charge in [0.2, 0.25) is 0 Å². The second-order valence-electron chi connectivity index (χ2n) is 5.24. The summed E-state index contributed by atoms with van der Waals surface area (Å²) in [4.78, 5) is 14.4. The molecule has 1 aliphatic carbocycles. The van der Waals surface area contributed by atoms with Crippen LogP contribution in [0.4, 0.5) is 0 Å². The lowest BCUT2D eigenvalue weighted by atomic mass is 9.84. The molecule has 0 amide bonds. The highest BCUT2D eigenvalue weighted by atomic mass is 16.4. The zero-order chi connectivity index (χ0) is 13.6. The number of aliphatic carboxylic acids is 1. The summed E-state index contributed by atoms with van der Waals surface area (Å²) in [5.41, 5.74) is 3.96. The van der Waals surface area contributed by atoms with Crippen LogP contribution < -0.4 is 0 Å². The topological polar surface area (TPSA) is 73.3 Å². The molecule has 4 nitrogen and oxygen atoms in total. The van der Waals surface area contributed by atoms with Crippen molar-refractivity contribution in [3.05, 3.63) is 35.0 Å². The fraction of sp³-hybridized carbons (Fsp3) is 0.400. The van der Waals surface area contributed by atoms with Crippen molar-refractivity contribution in [2.24, 2.45) is 5.92 Å². The van der Waals surface area contributed by atoms with Crippen LogP contribution in [-0.4, -0.2) is 21.2 Å². The second-order valence-corrected chi connectivity index (χ2v) is 5.24. The van der Waals surface area contributed by atoms with E-state index in [-0.39, 0.29) is 0 Å². The first-order valence-corrected chi connectivity index (χ1v) is 6.64. The zero-order valence-electron chi connectivity index (χ0n) is 10.8. The highest BCUT2D eigenvalue weighted by Gasteiger charge is 2.32. The van der Waals surface area contributed by atoms with Gasteiger partial charge in [0.1, 0.15) is 0 Å². The van der Waals surface area contributed by atoms with Crippen LogP contribution in [0.2, 0.25) is 0 Å². The van der Waals surface area contributed by atoms with Gasteiger partial charge in [0, 0.05) is 28.6 Å². The van der Waals surface area contributed by atoms with E-state index in [2.05, 4.69) is 24.0 Å². The van der Waals surface area contributed by atoms with E-state index in [1.807, 2.05) is 6.07 Å². The maximum absolute atomic E-state index is 11.1. The molecule has 0 radical (unpaired) electrons. The maximum Gasteiger partial charge on any atom is 0.306 e. The van der Waals surface area contributed by atoms with Crippen molar-refractivity contribution in [3.8, 4) is 0 Å². The number of benzene rings is 1. The van der Waals surface area contributed by atoms with Crippen LogP contribution in [0.15, 0.2) is 18.2 Å². The molecule has 0 bridgehead atoms. The third-order valence-electron chi connectivity index (χ3n) is 4.03. The molecule has 1 aliphatic rings. The Hall–Kier alpha value is -1.81. The molecule has 2 atom stereocenters. The molecule has 100 valence electrons. The summed E-state index contributed by atoms with van der Waals surface area (Å²) >= 11 is 0. The van der Waals surface area contributed by atoms with E-state index in [9.17, 15) is 9.90 Å². The van der Waals surface area contributed by atoms with E-state index < -0.39 is 18.0 Å². The molecule has 19 heavy (non-hydrogen) atoms. The number of carboxylic acid groups (broad SMARTS) is 1. The molecule has 0 fully saturated rings. The normalized spacial score (nSPS) is 22.4. The average molecular weight is 259 g/mol. The van der Waals surface area contributed by atoms with Crippen molar-refractivity contribution in [1.82, 2.24) is 4.98 Å². The predicted octanol–water partition coefficient (Wildman–Crippen LogP) is 2.41. The highest BCUT2D eigenvalue weighted by Crippen LogP contribution is 2.38. The third kappa shape index (κ3) is 1.92. The Morgan fingerprint density at radius 2 is 2.26 bits per heavy atom. The molecule has 4 heteroatoms. The molecule has 0 aliphatic heterocycles. The van der Waals surface area contributed by atoms with Crippen molar-refractivity contribution in [2.75, 3.05) is 0 Å². The number of hydrogen-bond acceptors (Lipinski definition) is 2. The van der Waals surface area contributed by atoms with Gasteiger partial charge in [0.25, 0.3) is 0 Å². The SMILES string of the molecule is CCc1ccc2[nH]c3c(c2c1)C(O)CC(C(=O)O)C3. The van der Waals surface area contributed by atoms with E-state index in [4.69, 9.17) is 5.11 Å². The van der Waals surface area contributed by atoms with Crippen LogP contribution >= 0.6 is 0 Å². The van der Waals surface area contributed by atoms with Gasteiger partial charge in [-0.05, 0) is 30.5 Å². The van der Waals surface area contributed by atoms with E-state index >= 15 is 0 Å². The molecule has 0 saturated carbocycles. The first-order valence-electron chi connectivity index (χ1n) is 6.64. The Balaban J connectivity index is 2.14. The Bertz CT molecular complexity index is 644. The Morgan fingerprint density at radius 1 is 1.47 bits per heavy atom. The fourth-order valence-electron chi connectivity index (χ4n) is 2.98. The van der Waals surface area contributed by atoms with E-state index in [0.717, 1.165) is 28.6 Å². The number of carboxylic acids is 1. The summed E-state index contributed by atoms with van der Waals surface area (Å²) < 4.78 is 0. The standard InChI is InChI=1S/C15H17NO3/c1-2-8-3-4-11-10(5-8)14-12(16-11)6-9(15(18)19)7-13(14)17/h3-5,9,13,16-17H,2,6-7H2,1H3,(H,18,19). The van der Waals surface area contributed by atoms with Gasteiger partial charge < -0.3 is 15.2 Å². The summed E-state index contributed by atoms with van der Waals surface area (Å²) in [7, 11) is 0. The lowest BCUT2D eigenvalue weighted by Crippen LogP contribution is -2.24. The van der Waals surface area contributed by atoms with Gasteiger partial charge in [0.15, 0.2) is 0 Å². The van der Waals surface area contributed by atoms with Crippen LogP contribution in [0.25, 0.3) is 10.9 Å². The number of aliphatic hydroxyl groups is 1. The Labute approximate surface area is 111 Å². The van der Waals surface area contributed by atoms with E-state index in [0.29, 0.717) is 12.8 Å². The van der Waals surface area contributed by atoms with Crippen molar-refractivity contribution >= 4 is 16.9 Å². The van der Waals surface area contributed by atoms with Crippen LogP contribution in [0.3, 0.4) is 0 Å². The molecule has 3 rings (SSSR count). The highest BCUT2D eigenvalue weighted by molar-refractivity contribution is 5.86. The van der Waals surface area contributed by atoms with Gasteiger partial charge in [-0.15, -0.1) is 0 Å². The largest absolute Gasteiger partial charge is 0.481 e. The van der Waals surface area contributed by atoms with Crippen molar-refractivity contribution in [3.63, 3.8) is 0 Å². The summed E-state index contributed by atoms with van der Waals surface area (Å²) in [6.45, 7) is 2.09. The van der Waals surface area contributed by atoms with Gasteiger partial charge in [-0.2, -0.15) is 0 Å². The monoisotopic (exact) mass is 259 g/mol. The number of fused-ring (bicyclic) bond motifs is 3. The minimum absolute atomic E-state index is 0.297. The Kier molecular flexibility index (Phi) is 2.82. The summed E-state index contributed by atoms with van der Waals surface area (Å²) in [6.07, 6.45) is 1.03. The lowest BCUT2D eigenvalue weighted by molar-refractivity contribution is -0.143. The minimum atomic E-state index is -0.836. The van der Waals surface area contributed by atoms with Gasteiger partial charge in [-0.1, -0.05) is 13.0 Å². The van der Waals surface area contributed by atoms with E-state index in [1.54, 1.807) is 0 Å². The van der Waals surface area contributed by atoms with Crippen LogP contribution in [0.5, 0.6) is 0 Å². The number of aromatic amines is 1. The number of aromatic nitrogens is 1. The molecule has 2 unspecified atom stereocenters. The number of aliphatic hydroxyl groups excluding tert-OH is 1. The summed E-state index contributed by atoms with van der Waals surface area (Å²) in [5, 5.41) is 20.4. The van der Waals surface area contributed by atoms with E-state index in [1.165, 1.54) is 5.56 Å². The third-order valence-corrected chi connectivity index (χ3v) is 4.03. The number of H-pyrrole nitrogens is 1. The molecular formula is C15H17NO3. The van der Waals surface area contributed by atoms with Crippen molar-refractivity contribution in [2.45, 2.75) is 32.3 Å². The van der Waals surface area contributed by atoms with Crippen LogP contribution in [0, 0.1) is 5.92 Å². The molecule has 3 N–H and O–H groups in total. The predicted molar refractivity (Wildman–Crippen MR) is 72.1 cm³/mol. The number of rotatable bonds is 2. The smallest absolute Gasteiger partial charge is 0.306 e. The molecule has 1 aromatic carbocycles. The first kappa shape index (κ1) is 12.2. The molecule has 2 aromatic rings. The summed E-state index contributed by atoms with van der Waals surface area (Å²) in [6, 6.07) is 6.16. The molecule has 1 aromatic heterocycles. The van der Waals surface area contributed by atoms with Crippen molar-refractivity contribution < 1.29 is 15.0 Å². The van der Waals surface area contributed by atoms with Crippen LogP contribution in [-0.2, 0) is 17.6 Å². The average Bonchev–Trinajstić information content (AvgIpc) is 2.76. The quantitative estimate of drug-likeness (QED) is 0.775. The molecule has 0 saturated heterocycles. The first-order chi connectivity index (χ1) is 9.10. The Morgan fingerprint density at radius 3 is 2.95 bits per heavy atom. The lowest BCUT2D eigenvalue weighted by Gasteiger charge is -2.23. The molecule has 0 spiro atoms. The number of aryl methyl sites for hydroxylation is 1. The van der Waals surface area contributed by atoms with Gasteiger partial charge in [-0.3, -0.25) is 4.79 Å². The zero-order valence-corrected chi connectivity index (χ0v) is 10.8. The summed E-state index contributed by atoms with van der Waals surface area (Å²) in [5.74, 6) is -1.33. The van der Waals surface area contributed by atoms with Crippen LogP contribution in [0.1, 0.15) is 36.3 Å². The second kappa shape index (κ2) is 4.38. The molecule has 1 heterocycles. The number of hydrogen-bond donors (Lipinski definition) is 3. The van der Waals surface area contributed by atoms with Gasteiger partial charge in [-0.25, -0.2) is 0 Å². The maximum atomic E-state index is 11.1. The minimum Gasteiger partial charge on any atom is -0.481 e. The van der Waals surface area contributed by atoms with Gasteiger partial charge in [0.05, 0.1) is 12.0 Å². The molecular weight excluding hydrogens is 242 g/mol. The van der Waals surface area contributed by atoms with Crippen molar-refractivity contribution in [1.29, 1.82) is 0 Å². The fourth-order valence-corrected chi connectivity index (χ4v) is 2.98. The van der Waals surface area contributed by atoms with Gasteiger partial charge >= 0.3 is 5.97 Å². The number of carbonyl (C=O) groups is 1. The number of nitrogens with one attached hydrogen (secondary N) is 1.